The highest BCUT2D eigenvalue weighted by atomic mass is 32.2. The van der Waals surface area contributed by atoms with Gasteiger partial charge in [-0.1, -0.05) is 12.1 Å². The van der Waals surface area contributed by atoms with Crippen molar-refractivity contribution in [2.45, 2.75) is 24.6 Å². The van der Waals surface area contributed by atoms with Gasteiger partial charge in [0, 0.05) is 13.1 Å². The van der Waals surface area contributed by atoms with E-state index in [1.165, 1.54) is 11.8 Å². The van der Waals surface area contributed by atoms with Crippen LogP contribution in [0.2, 0.25) is 0 Å². The van der Waals surface area contributed by atoms with Crippen molar-refractivity contribution in [2.24, 2.45) is 0 Å². The van der Waals surface area contributed by atoms with Crippen LogP contribution in [0.4, 0.5) is 0 Å². The first kappa shape index (κ1) is 17.3. The Bertz CT molecular complexity index is 814. The largest absolute Gasteiger partial charge is 0.341 e. The number of carbonyl (C=O) groups is 1. The van der Waals surface area contributed by atoms with Crippen LogP contribution in [0, 0.1) is 0 Å². The zero-order valence-electron chi connectivity index (χ0n) is 13.7. The summed E-state index contributed by atoms with van der Waals surface area (Å²) in [5.41, 5.74) is 1.90. The van der Waals surface area contributed by atoms with Crippen molar-refractivity contribution in [1.29, 1.82) is 0 Å². The molecule has 1 aromatic heterocycles. The molecule has 1 fully saturated rings. The van der Waals surface area contributed by atoms with Crippen molar-refractivity contribution in [2.75, 3.05) is 24.3 Å². The fourth-order valence-electron chi connectivity index (χ4n) is 2.83. The summed E-state index contributed by atoms with van der Waals surface area (Å²) in [4.78, 5) is 21.7. The Labute approximate surface area is 145 Å². The third-order valence-corrected chi connectivity index (χ3v) is 7.29. The Kier molecular flexibility index (Phi) is 4.87. The number of aromatic nitrogens is 2. The summed E-state index contributed by atoms with van der Waals surface area (Å²) < 4.78 is 23.1. The van der Waals surface area contributed by atoms with Crippen LogP contribution in [0.25, 0.3) is 11.0 Å². The Morgan fingerprint density at radius 3 is 2.88 bits per heavy atom. The summed E-state index contributed by atoms with van der Waals surface area (Å²) in [7, 11) is -1.28. The van der Waals surface area contributed by atoms with E-state index >= 15 is 0 Å². The quantitative estimate of drug-likeness (QED) is 0.874. The number of aromatic amines is 1. The van der Waals surface area contributed by atoms with Crippen molar-refractivity contribution in [3.05, 3.63) is 30.1 Å². The van der Waals surface area contributed by atoms with Gasteiger partial charge in [-0.15, -0.1) is 11.8 Å². The summed E-state index contributed by atoms with van der Waals surface area (Å²) in [5.74, 6) is 1.38. The average molecular weight is 367 g/mol. The molecular weight excluding hydrogens is 346 g/mol. The fourth-order valence-corrected chi connectivity index (χ4v) is 5.47. The van der Waals surface area contributed by atoms with Crippen molar-refractivity contribution in [3.63, 3.8) is 0 Å². The SMILES string of the molecule is CC(SCC(=O)N(C)C1CCS(=O)(=O)C1)c1nc2ccccc2[nH]1. The number of hydrogen-bond donors (Lipinski definition) is 1. The van der Waals surface area contributed by atoms with E-state index in [1.54, 1.807) is 11.9 Å². The lowest BCUT2D eigenvalue weighted by Crippen LogP contribution is -2.38. The lowest BCUT2D eigenvalue weighted by atomic mass is 10.2. The van der Waals surface area contributed by atoms with E-state index in [4.69, 9.17) is 0 Å². The van der Waals surface area contributed by atoms with Crippen molar-refractivity contribution < 1.29 is 13.2 Å². The minimum Gasteiger partial charge on any atom is -0.341 e. The van der Waals surface area contributed by atoms with Crippen LogP contribution in [0.1, 0.15) is 24.4 Å². The molecule has 0 radical (unpaired) electrons. The van der Waals surface area contributed by atoms with Gasteiger partial charge in [0.1, 0.15) is 5.82 Å². The molecule has 8 heteroatoms. The standard InChI is InChI=1S/C16H21N3O3S2/c1-11(16-17-13-5-3-4-6-14(13)18-16)23-9-15(20)19(2)12-7-8-24(21,22)10-12/h3-6,11-12H,7-10H2,1-2H3,(H,17,18). The number of benzene rings is 1. The molecule has 0 saturated carbocycles. The van der Waals surface area contributed by atoms with Crippen molar-refractivity contribution in [1.82, 2.24) is 14.9 Å². The Morgan fingerprint density at radius 1 is 1.46 bits per heavy atom. The molecule has 2 atom stereocenters. The zero-order chi connectivity index (χ0) is 17.3. The second-order valence-corrected chi connectivity index (χ2v) is 9.71. The molecule has 2 aromatic rings. The number of carbonyl (C=O) groups excluding carboxylic acids is 1. The molecule has 0 spiro atoms. The molecule has 1 saturated heterocycles. The predicted octanol–water partition coefficient (Wildman–Crippen LogP) is 2.00. The van der Waals surface area contributed by atoms with E-state index in [1.807, 2.05) is 31.2 Å². The number of nitrogens with zero attached hydrogens (tertiary/aromatic N) is 2. The summed E-state index contributed by atoms with van der Waals surface area (Å²) >= 11 is 1.51. The number of H-pyrrole nitrogens is 1. The number of rotatable bonds is 5. The highest BCUT2D eigenvalue weighted by molar-refractivity contribution is 8.00. The van der Waals surface area contributed by atoms with E-state index in [0.29, 0.717) is 12.2 Å². The van der Waals surface area contributed by atoms with Crippen molar-refractivity contribution in [3.8, 4) is 0 Å². The molecule has 1 N–H and O–H groups in total. The fraction of sp³-hybridized carbons (Fsp3) is 0.500. The van der Waals surface area contributed by atoms with Gasteiger partial charge in [-0.25, -0.2) is 13.4 Å². The number of fused-ring (bicyclic) bond motifs is 1. The maximum absolute atomic E-state index is 12.3. The van der Waals surface area contributed by atoms with Gasteiger partial charge in [0.25, 0.3) is 0 Å². The zero-order valence-corrected chi connectivity index (χ0v) is 15.4. The third-order valence-electron chi connectivity index (χ3n) is 4.40. The summed E-state index contributed by atoms with van der Waals surface area (Å²) in [6, 6.07) is 7.63. The van der Waals surface area contributed by atoms with Gasteiger partial charge in [-0.05, 0) is 25.5 Å². The third kappa shape index (κ3) is 3.75. The van der Waals surface area contributed by atoms with Gasteiger partial charge >= 0.3 is 0 Å². The predicted molar refractivity (Wildman–Crippen MR) is 96.8 cm³/mol. The number of para-hydroxylation sites is 2. The van der Waals surface area contributed by atoms with Crippen LogP contribution >= 0.6 is 11.8 Å². The number of thioether (sulfide) groups is 1. The van der Waals surface area contributed by atoms with Gasteiger partial charge in [0.15, 0.2) is 9.84 Å². The average Bonchev–Trinajstić information content (AvgIpc) is 3.14. The van der Waals surface area contributed by atoms with Crippen molar-refractivity contribution >= 4 is 38.5 Å². The summed E-state index contributed by atoms with van der Waals surface area (Å²) in [6.07, 6.45) is 0.536. The van der Waals surface area contributed by atoms with E-state index in [0.717, 1.165) is 16.9 Å². The van der Waals surface area contributed by atoms with Crippen LogP contribution in [0.3, 0.4) is 0 Å². The smallest absolute Gasteiger partial charge is 0.232 e. The van der Waals surface area contributed by atoms with Crippen LogP contribution in [-0.2, 0) is 14.6 Å². The summed E-state index contributed by atoms with van der Waals surface area (Å²) in [5, 5.41) is 0.0575. The van der Waals surface area contributed by atoms with Gasteiger partial charge in [-0.3, -0.25) is 4.79 Å². The molecule has 2 heterocycles. The molecule has 1 aliphatic heterocycles. The molecule has 3 rings (SSSR count). The van der Waals surface area contributed by atoms with Gasteiger partial charge in [0.2, 0.25) is 5.91 Å². The second-order valence-electron chi connectivity index (χ2n) is 6.15. The first-order chi connectivity index (χ1) is 11.4. The van der Waals surface area contributed by atoms with Gasteiger partial charge in [-0.2, -0.15) is 0 Å². The van der Waals surface area contributed by atoms with Gasteiger partial charge in [0.05, 0.1) is 33.5 Å². The Morgan fingerprint density at radius 2 is 2.21 bits per heavy atom. The minimum absolute atomic E-state index is 0.0370. The van der Waals surface area contributed by atoms with Crippen LogP contribution in [0.15, 0.2) is 24.3 Å². The lowest BCUT2D eigenvalue weighted by Gasteiger charge is -2.23. The topological polar surface area (TPSA) is 83.1 Å². The number of hydrogen-bond acceptors (Lipinski definition) is 5. The highest BCUT2D eigenvalue weighted by Crippen LogP contribution is 2.28. The number of nitrogens with one attached hydrogen (secondary N) is 1. The van der Waals surface area contributed by atoms with Crippen LogP contribution in [0.5, 0.6) is 0 Å². The molecule has 0 aliphatic carbocycles. The minimum atomic E-state index is -2.98. The van der Waals surface area contributed by atoms with Crippen LogP contribution < -0.4 is 0 Å². The number of sulfone groups is 1. The van der Waals surface area contributed by atoms with E-state index < -0.39 is 9.84 Å². The van der Waals surface area contributed by atoms with Crippen LogP contribution in [-0.4, -0.2) is 59.5 Å². The van der Waals surface area contributed by atoms with Gasteiger partial charge < -0.3 is 9.88 Å². The molecule has 6 nitrogen and oxygen atoms in total. The highest BCUT2D eigenvalue weighted by Gasteiger charge is 2.32. The normalized spacial score (nSPS) is 21.0. The molecule has 24 heavy (non-hydrogen) atoms. The second kappa shape index (κ2) is 6.76. The Hall–Kier alpha value is -1.54. The maximum atomic E-state index is 12.3. The lowest BCUT2D eigenvalue weighted by molar-refractivity contribution is -0.128. The molecule has 0 bridgehead atoms. The van der Waals surface area contributed by atoms with E-state index in [9.17, 15) is 13.2 Å². The molecule has 1 aliphatic rings. The molecule has 1 amide bonds. The molecule has 130 valence electrons. The number of imidazole rings is 1. The monoisotopic (exact) mass is 367 g/mol. The molecule has 1 aromatic carbocycles. The summed E-state index contributed by atoms with van der Waals surface area (Å²) in [6.45, 7) is 2.01. The number of amides is 1. The van der Waals surface area contributed by atoms with E-state index in [2.05, 4.69) is 9.97 Å². The first-order valence-electron chi connectivity index (χ1n) is 7.88. The molecular formula is C16H21N3O3S2. The maximum Gasteiger partial charge on any atom is 0.232 e. The molecule has 2 unspecified atom stereocenters. The van der Waals surface area contributed by atoms with E-state index in [-0.39, 0.29) is 28.7 Å². The first-order valence-corrected chi connectivity index (χ1v) is 10.7. The Balaban J connectivity index is 1.57.